The topological polar surface area (TPSA) is 54.3 Å². The standard InChI is InChI=1S/C11H16N2O2S.ClH/c14-11(6-9-8-16-5-3-12-9)13-7-10-2-1-4-15-10;/h1-2,4,9,12H,3,5-8H2,(H,13,14);1H. The maximum Gasteiger partial charge on any atom is 0.221 e. The summed E-state index contributed by atoms with van der Waals surface area (Å²) in [5, 5.41) is 6.19. The van der Waals surface area contributed by atoms with Crippen molar-refractivity contribution in [3.8, 4) is 0 Å². The number of thioether (sulfide) groups is 1. The van der Waals surface area contributed by atoms with Crippen molar-refractivity contribution in [2.45, 2.75) is 19.0 Å². The van der Waals surface area contributed by atoms with Crippen LogP contribution in [0.3, 0.4) is 0 Å². The average Bonchev–Trinajstić information content (AvgIpc) is 2.81. The van der Waals surface area contributed by atoms with Crippen molar-refractivity contribution in [2.75, 3.05) is 18.1 Å². The second kappa shape index (κ2) is 7.63. The largest absolute Gasteiger partial charge is 0.467 e. The summed E-state index contributed by atoms with van der Waals surface area (Å²) in [6.45, 7) is 1.48. The van der Waals surface area contributed by atoms with Crippen molar-refractivity contribution >= 4 is 30.1 Å². The molecule has 1 aliphatic rings. The molecule has 4 nitrogen and oxygen atoms in total. The smallest absolute Gasteiger partial charge is 0.221 e. The number of halogens is 1. The molecule has 6 heteroatoms. The van der Waals surface area contributed by atoms with E-state index < -0.39 is 0 Å². The minimum atomic E-state index is 0. The minimum absolute atomic E-state index is 0. The summed E-state index contributed by atoms with van der Waals surface area (Å²) in [5.74, 6) is 3.04. The number of hydrogen-bond acceptors (Lipinski definition) is 4. The van der Waals surface area contributed by atoms with Gasteiger partial charge in [0.2, 0.25) is 5.91 Å². The number of amides is 1. The first-order valence-electron chi connectivity index (χ1n) is 5.45. The molecule has 1 aliphatic heterocycles. The summed E-state index contributed by atoms with van der Waals surface area (Å²) in [6, 6.07) is 3.99. The number of carbonyl (C=O) groups is 1. The Labute approximate surface area is 111 Å². The molecule has 0 bridgehead atoms. The molecule has 1 aromatic heterocycles. The van der Waals surface area contributed by atoms with Crippen LogP contribution in [0.2, 0.25) is 0 Å². The number of hydrogen-bond donors (Lipinski definition) is 2. The van der Waals surface area contributed by atoms with E-state index in [4.69, 9.17) is 4.42 Å². The molecule has 1 saturated heterocycles. The van der Waals surface area contributed by atoms with Crippen LogP contribution >= 0.6 is 24.2 Å². The molecule has 1 aromatic rings. The van der Waals surface area contributed by atoms with Gasteiger partial charge >= 0.3 is 0 Å². The molecule has 2 N–H and O–H groups in total. The van der Waals surface area contributed by atoms with E-state index >= 15 is 0 Å². The van der Waals surface area contributed by atoms with E-state index in [-0.39, 0.29) is 18.3 Å². The SMILES string of the molecule is Cl.O=C(CC1CSCCN1)NCc1ccco1. The van der Waals surface area contributed by atoms with Gasteiger partial charge in [-0.1, -0.05) is 0 Å². The fraction of sp³-hybridized carbons (Fsp3) is 0.545. The van der Waals surface area contributed by atoms with Gasteiger partial charge in [-0.15, -0.1) is 12.4 Å². The quantitative estimate of drug-likeness (QED) is 0.873. The van der Waals surface area contributed by atoms with Gasteiger partial charge in [-0.2, -0.15) is 11.8 Å². The predicted molar refractivity (Wildman–Crippen MR) is 71.5 cm³/mol. The first kappa shape index (κ1) is 14.4. The van der Waals surface area contributed by atoms with Gasteiger partial charge in [-0.25, -0.2) is 0 Å². The van der Waals surface area contributed by atoms with Gasteiger partial charge in [0.05, 0.1) is 12.8 Å². The molecule has 1 unspecified atom stereocenters. The molecule has 0 aliphatic carbocycles. The number of furan rings is 1. The summed E-state index contributed by atoms with van der Waals surface area (Å²) in [7, 11) is 0. The molecular formula is C11H17ClN2O2S. The van der Waals surface area contributed by atoms with Crippen LogP contribution in [-0.4, -0.2) is 30.0 Å². The van der Waals surface area contributed by atoms with Crippen LogP contribution in [0.1, 0.15) is 12.2 Å². The molecule has 17 heavy (non-hydrogen) atoms. The Morgan fingerprint density at radius 1 is 1.65 bits per heavy atom. The first-order valence-corrected chi connectivity index (χ1v) is 6.60. The van der Waals surface area contributed by atoms with Gasteiger partial charge in [0.1, 0.15) is 5.76 Å². The van der Waals surface area contributed by atoms with Crippen LogP contribution < -0.4 is 10.6 Å². The Kier molecular flexibility index (Phi) is 6.47. The van der Waals surface area contributed by atoms with Crippen LogP contribution in [0.25, 0.3) is 0 Å². The predicted octanol–water partition coefficient (Wildman–Crippen LogP) is 1.41. The Balaban J connectivity index is 0.00000144. The Morgan fingerprint density at radius 2 is 2.53 bits per heavy atom. The normalized spacial score (nSPS) is 19.4. The molecule has 0 saturated carbocycles. The molecular weight excluding hydrogens is 260 g/mol. The van der Waals surface area contributed by atoms with Crippen molar-refractivity contribution in [1.82, 2.24) is 10.6 Å². The number of rotatable bonds is 4. The Morgan fingerprint density at radius 3 is 3.18 bits per heavy atom. The summed E-state index contributed by atoms with van der Waals surface area (Å²) in [6.07, 6.45) is 2.16. The van der Waals surface area contributed by atoms with Crippen LogP contribution in [0.5, 0.6) is 0 Å². The molecule has 0 aromatic carbocycles. The van der Waals surface area contributed by atoms with Gasteiger partial charge in [-0.3, -0.25) is 4.79 Å². The lowest BCUT2D eigenvalue weighted by atomic mass is 10.2. The van der Waals surface area contributed by atoms with Gasteiger partial charge in [0, 0.05) is 30.5 Å². The molecule has 1 amide bonds. The Bertz CT molecular complexity index is 326. The zero-order chi connectivity index (χ0) is 11.2. The van der Waals surface area contributed by atoms with E-state index in [1.165, 1.54) is 0 Å². The van der Waals surface area contributed by atoms with Gasteiger partial charge in [-0.05, 0) is 12.1 Å². The third-order valence-corrected chi connectivity index (χ3v) is 3.60. The highest BCUT2D eigenvalue weighted by Gasteiger charge is 2.16. The third-order valence-electron chi connectivity index (χ3n) is 2.47. The molecule has 0 spiro atoms. The first-order chi connectivity index (χ1) is 7.84. The van der Waals surface area contributed by atoms with Gasteiger partial charge in [0.15, 0.2) is 0 Å². The molecule has 1 fully saturated rings. The maximum absolute atomic E-state index is 11.6. The van der Waals surface area contributed by atoms with Crippen LogP contribution in [0, 0.1) is 0 Å². The maximum atomic E-state index is 11.6. The highest BCUT2D eigenvalue weighted by molar-refractivity contribution is 7.99. The fourth-order valence-electron chi connectivity index (χ4n) is 1.65. The van der Waals surface area contributed by atoms with E-state index in [2.05, 4.69) is 10.6 Å². The van der Waals surface area contributed by atoms with Crippen LogP contribution in [0.4, 0.5) is 0 Å². The molecule has 2 rings (SSSR count). The highest BCUT2D eigenvalue weighted by atomic mass is 35.5. The summed E-state index contributed by atoms with van der Waals surface area (Å²) in [4.78, 5) is 11.6. The third kappa shape index (κ3) is 5.02. The van der Waals surface area contributed by atoms with E-state index in [9.17, 15) is 4.79 Å². The molecule has 96 valence electrons. The Hall–Kier alpha value is -0.650. The van der Waals surface area contributed by atoms with Gasteiger partial charge in [0.25, 0.3) is 0 Å². The van der Waals surface area contributed by atoms with Crippen molar-refractivity contribution in [1.29, 1.82) is 0 Å². The average molecular weight is 277 g/mol. The van der Waals surface area contributed by atoms with Crippen molar-refractivity contribution < 1.29 is 9.21 Å². The van der Waals surface area contributed by atoms with Gasteiger partial charge < -0.3 is 15.1 Å². The lowest BCUT2D eigenvalue weighted by Gasteiger charge is -2.22. The lowest BCUT2D eigenvalue weighted by molar-refractivity contribution is -0.121. The van der Waals surface area contributed by atoms with Crippen molar-refractivity contribution in [3.63, 3.8) is 0 Å². The second-order valence-corrected chi connectivity index (χ2v) is 4.94. The van der Waals surface area contributed by atoms with E-state index in [1.807, 2.05) is 23.9 Å². The van der Waals surface area contributed by atoms with E-state index in [0.29, 0.717) is 19.0 Å². The second-order valence-electron chi connectivity index (χ2n) is 3.79. The molecule has 2 heterocycles. The molecule has 0 radical (unpaired) electrons. The summed E-state index contributed by atoms with van der Waals surface area (Å²) >= 11 is 1.90. The van der Waals surface area contributed by atoms with E-state index in [0.717, 1.165) is 23.8 Å². The zero-order valence-corrected chi connectivity index (χ0v) is 11.1. The number of nitrogens with one attached hydrogen (secondary N) is 2. The van der Waals surface area contributed by atoms with Crippen molar-refractivity contribution in [2.24, 2.45) is 0 Å². The van der Waals surface area contributed by atoms with E-state index in [1.54, 1.807) is 6.26 Å². The minimum Gasteiger partial charge on any atom is -0.467 e. The fourth-order valence-corrected chi connectivity index (χ4v) is 2.59. The number of carbonyl (C=O) groups excluding carboxylic acids is 1. The zero-order valence-electron chi connectivity index (χ0n) is 9.48. The molecule has 1 atom stereocenters. The summed E-state index contributed by atoms with van der Waals surface area (Å²) in [5.41, 5.74) is 0. The van der Waals surface area contributed by atoms with Crippen molar-refractivity contribution in [3.05, 3.63) is 24.2 Å². The monoisotopic (exact) mass is 276 g/mol. The lowest BCUT2D eigenvalue weighted by Crippen LogP contribution is -2.41. The van der Waals surface area contributed by atoms with Crippen LogP contribution in [0.15, 0.2) is 22.8 Å². The summed E-state index contributed by atoms with van der Waals surface area (Å²) < 4.78 is 5.14. The highest BCUT2D eigenvalue weighted by Crippen LogP contribution is 2.10. The van der Waals surface area contributed by atoms with Crippen LogP contribution in [-0.2, 0) is 11.3 Å².